The molecule has 0 amide bonds. The van der Waals surface area contributed by atoms with E-state index < -0.39 is 25.4 Å². The second-order valence-electron chi connectivity index (χ2n) is 9.94. The van der Waals surface area contributed by atoms with Gasteiger partial charge in [0.2, 0.25) is 13.3 Å². The molecule has 1 heterocycles. The highest BCUT2D eigenvalue weighted by Gasteiger charge is 2.54. The summed E-state index contributed by atoms with van der Waals surface area (Å²) in [6.07, 6.45) is 3.84. The lowest BCUT2D eigenvalue weighted by Gasteiger charge is -2.21. The molecule has 0 saturated heterocycles. The molecule has 9 heteroatoms. The number of hydrogen-bond donors (Lipinski definition) is 1. The van der Waals surface area contributed by atoms with Crippen LogP contribution < -0.4 is 20.7 Å². The summed E-state index contributed by atoms with van der Waals surface area (Å²) >= 11 is 0. The Labute approximate surface area is 241 Å². The fourth-order valence-corrected chi connectivity index (χ4v) is 8.56. The fraction of sp³-hybridized carbons (Fsp3) is 0.121. The van der Waals surface area contributed by atoms with E-state index in [4.69, 9.17) is 9.18 Å². The van der Waals surface area contributed by atoms with Crippen LogP contribution in [0.2, 0.25) is 0 Å². The lowest BCUT2D eigenvalue weighted by atomic mass is 9.93. The summed E-state index contributed by atoms with van der Waals surface area (Å²) in [5, 5.41) is 13.0. The van der Waals surface area contributed by atoms with Crippen LogP contribution in [-0.4, -0.2) is 28.9 Å². The van der Waals surface area contributed by atoms with E-state index in [2.05, 4.69) is 46.1 Å². The zero-order chi connectivity index (χ0) is 29.2. The van der Waals surface area contributed by atoms with Crippen molar-refractivity contribution in [1.29, 1.82) is 0 Å². The van der Waals surface area contributed by atoms with Crippen LogP contribution in [0.4, 0.5) is 8.78 Å². The Morgan fingerprint density at radius 2 is 1.45 bits per heavy atom. The monoisotopic (exact) mass is 583 g/mol. The quantitative estimate of drug-likeness (QED) is 0.152. The first kappa shape index (κ1) is 27.5. The smallest absolute Gasteiger partial charge is 0.387 e. The fourth-order valence-electron chi connectivity index (χ4n) is 5.16. The number of carbonyl (C=O) groups is 1. The number of oxazole rings is 1. The van der Waals surface area contributed by atoms with Gasteiger partial charge in [-0.3, -0.25) is 4.79 Å². The Kier molecular flexibility index (Phi) is 7.40. The maximum Gasteiger partial charge on any atom is 0.387 e. The van der Waals surface area contributed by atoms with Gasteiger partial charge >= 0.3 is 12.6 Å². The van der Waals surface area contributed by atoms with Gasteiger partial charge in [-0.15, -0.1) is 4.76 Å². The first-order chi connectivity index (χ1) is 20.4. The highest BCUT2D eigenvalue weighted by atomic mass is 31.2. The Morgan fingerprint density at radius 3 is 1.93 bits per heavy atom. The van der Waals surface area contributed by atoms with Crippen molar-refractivity contribution in [2.24, 2.45) is 4.76 Å². The van der Waals surface area contributed by atoms with Crippen molar-refractivity contribution in [2.45, 2.75) is 24.9 Å². The normalized spacial score (nSPS) is 14.3. The third-order valence-electron chi connectivity index (χ3n) is 7.39. The highest BCUT2D eigenvalue weighted by Crippen LogP contribution is 2.57. The maximum absolute atomic E-state index is 13.1. The average molecular weight is 584 g/mol. The van der Waals surface area contributed by atoms with Crippen molar-refractivity contribution in [3.05, 3.63) is 127 Å². The number of rotatable bonds is 10. The molecule has 1 aromatic heterocycles. The SMILES string of the molecule is O=C(O)C1(c2cc(-c3nc(C=N[P+](c4ccccc4)(c4ccccc4)c4ccccc4)co3)ccc2OC(F)F)CC1. The molecule has 1 N–H and O–H groups in total. The molecule has 0 aliphatic heterocycles. The van der Waals surface area contributed by atoms with Gasteiger partial charge in [0.1, 0.15) is 33.6 Å². The Balaban J connectivity index is 1.42. The van der Waals surface area contributed by atoms with Crippen LogP contribution in [0, 0.1) is 0 Å². The van der Waals surface area contributed by atoms with Gasteiger partial charge in [0.25, 0.3) is 0 Å². The number of aromatic nitrogens is 1. The minimum absolute atomic E-state index is 0.162. The third kappa shape index (κ3) is 5.10. The van der Waals surface area contributed by atoms with E-state index in [-0.39, 0.29) is 17.2 Å². The lowest BCUT2D eigenvalue weighted by Crippen LogP contribution is -2.29. The average Bonchev–Trinajstić information content (AvgIpc) is 3.70. The van der Waals surface area contributed by atoms with E-state index in [1.807, 2.05) is 54.6 Å². The van der Waals surface area contributed by atoms with Crippen LogP contribution in [0.15, 0.2) is 125 Å². The van der Waals surface area contributed by atoms with Crippen molar-refractivity contribution in [3.63, 3.8) is 0 Å². The number of aliphatic carboxylic acids is 1. The summed E-state index contributed by atoms with van der Waals surface area (Å²) in [4.78, 5) is 16.6. The molecule has 210 valence electrons. The molecule has 1 saturated carbocycles. The van der Waals surface area contributed by atoms with E-state index >= 15 is 0 Å². The standard InChI is InChI=1S/C33H25F2N2O4P/c34-32(35)41-29-17-16-23(20-28(29)33(18-19-33)31(38)39)30-37-24(22-40-30)21-36-42(25-10-4-1-5-11-25,26-12-6-2-7-13-26)27-14-8-3-9-15-27/h1-17,20-22,32H,18-19H2/p+1. The summed E-state index contributed by atoms with van der Waals surface area (Å²) in [7, 11) is -2.50. The first-order valence-electron chi connectivity index (χ1n) is 13.3. The minimum atomic E-state index is -3.08. The van der Waals surface area contributed by atoms with Gasteiger partial charge < -0.3 is 14.3 Å². The molecule has 0 bridgehead atoms. The van der Waals surface area contributed by atoms with Crippen LogP contribution in [0.1, 0.15) is 24.1 Å². The van der Waals surface area contributed by atoms with Gasteiger partial charge in [0.05, 0.1) is 11.6 Å². The third-order valence-corrected chi connectivity index (χ3v) is 11.0. The van der Waals surface area contributed by atoms with Gasteiger partial charge in [-0.25, -0.2) is 4.98 Å². The van der Waals surface area contributed by atoms with E-state index in [1.165, 1.54) is 24.5 Å². The van der Waals surface area contributed by atoms with Gasteiger partial charge in [-0.1, -0.05) is 54.6 Å². The zero-order valence-corrected chi connectivity index (χ0v) is 23.2. The van der Waals surface area contributed by atoms with Crippen LogP contribution in [-0.2, 0) is 10.2 Å². The summed E-state index contributed by atoms with van der Waals surface area (Å²) in [5.74, 6) is -1.03. The maximum atomic E-state index is 13.1. The highest BCUT2D eigenvalue weighted by molar-refractivity contribution is 7.94. The Morgan fingerprint density at radius 1 is 0.905 bits per heavy atom. The Bertz CT molecular complexity index is 1630. The summed E-state index contributed by atoms with van der Waals surface area (Å²) in [6, 6.07) is 34.8. The molecular weight excluding hydrogens is 557 g/mol. The van der Waals surface area contributed by atoms with E-state index in [9.17, 15) is 18.7 Å². The molecule has 5 aromatic rings. The van der Waals surface area contributed by atoms with Crippen molar-refractivity contribution in [1.82, 2.24) is 4.98 Å². The molecule has 1 fully saturated rings. The predicted octanol–water partition coefficient (Wildman–Crippen LogP) is 6.39. The number of nitrogens with zero attached hydrogens (tertiary/aromatic N) is 2. The molecule has 1 aliphatic carbocycles. The number of carboxylic acid groups (broad SMARTS) is 1. The summed E-state index contributed by atoms with van der Waals surface area (Å²) in [5.41, 5.74) is -0.161. The Hall–Kier alpha value is -4.68. The van der Waals surface area contributed by atoms with Crippen molar-refractivity contribution in [2.75, 3.05) is 0 Å². The van der Waals surface area contributed by atoms with Crippen LogP contribution in [0.5, 0.6) is 5.75 Å². The molecule has 42 heavy (non-hydrogen) atoms. The van der Waals surface area contributed by atoms with E-state index in [0.717, 1.165) is 15.9 Å². The van der Waals surface area contributed by atoms with Crippen molar-refractivity contribution in [3.8, 4) is 17.2 Å². The number of ether oxygens (including phenoxy) is 1. The number of alkyl halides is 2. The van der Waals surface area contributed by atoms with Crippen molar-refractivity contribution < 1.29 is 27.8 Å². The molecule has 0 atom stereocenters. The van der Waals surface area contributed by atoms with Crippen LogP contribution >= 0.6 is 7.41 Å². The molecular formula is C33H26F2N2O4P+. The van der Waals surface area contributed by atoms with Gasteiger partial charge in [-0.2, -0.15) is 8.78 Å². The number of carboxylic acids is 1. The first-order valence-corrected chi connectivity index (χ1v) is 15.1. The van der Waals surface area contributed by atoms with E-state index in [0.29, 0.717) is 24.1 Å². The molecule has 0 spiro atoms. The van der Waals surface area contributed by atoms with E-state index in [1.54, 1.807) is 6.21 Å². The number of benzene rings is 4. The van der Waals surface area contributed by atoms with Crippen LogP contribution in [0.25, 0.3) is 11.5 Å². The zero-order valence-electron chi connectivity index (χ0n) is 22.3. The molecule has 6 nitrogen and oxygen atoms in total. The van der Waals surface area contributed by atoms with Gasteiger partial charge in [0, 0.05) is 11.1 Å². The largest absolute Gasteiger partial charge is 0.481 e. The second-order valence-corrected chi connectivity index (χ2v) is 13.0. The minimum Gasteiger partial charge on any atom is -0.481 e. The van der Waals surface area contributed by atoms with Crippen molar-refractivity contribution >= 4 is 35.5 Å². The van der Waals surface area contributed by atoms with Crippen LogP contribution in [0.3, 0.4) is 0 Å². The second kappa shape index (κ2) is 11.3. The molecule has 0 radical (unpaired) electrons. The molecule has 0 unspecified atom stereocenters. The predicted molar refractivity (Wildman–Crippen MR) is 160 cm³/mol. The molecule has 4 aromatic carbocycles. The van der Waals surface area contributed by atoms with Gasteiger partial charge in [0.15, 0.2) is 0 Å². The molecule has 1 aliphatic rings. The van der Waals surface area contributed by atoms with Gasteiger partial charge in [-0.05, 0) is 67.4 Å². The number of hydrogen-bond acceptors (Lipinski definition) is 5. The number of halogens is 2. The summed E-state index contributed by atoms with van der Waals surface area (Å²) < 4.78 is 41.8. The summed E-state index contributed by atoms with van der Waals surface area (Å²) in [6.45, 7) is -3.08. The topological polar surface area (TPSA) is 84.9 Å². The lowest BCUT2D eigenvalue weighted by molar-refractivity contribution is -0.140. The molecule has 6 rings (SSSR count).